The van der Waals surface area contributed by atoms with Crippen molar-refractivity contribution in [3.05, 3.63) is 24.3 Å². The van der Waals surface area contributed by atoms with Gasteiger partial charge in [-0.3, -0.25) is 9.69 Å². The number of nitrogens with one attached hydrogen (secondary N) is 1. The normalized spacial score (nSPS) is 16.1. The fraction of sp³-hybridized carbons (Fsp3) is 0.533. The smallest absolute Gasteiger partial charge is 0.238 e. The first-order chi connectivity index (χ1) is 9.63. The van der Waals surface area contributed by atoms with Gasteiger partial charge in [-0.2, -0.15) is 0 Å². The second kappa shape index (κ2) is 7.26. The van der Waals surface area contributed by atoms with E-state index in [1.165, 1.54) is 0 Å². The molecule has 1 saturated heterocycles. The molecule has 1 aliphatic heterocycles. The predicted molar refractivity (Wildman–Crippen MR) is 78.1 cm³/mol. The van der Waals surface area contributed by atoms with E-state index in [2.05, 4.69) is 10.2 Å². The molecule has 1 N–H and O–H groups in total. The number of hydrogen-bond donors (Lipinski definition) is 1. The molecule has 1 amide bonds. The molecule has 1 aliphatic rings. The summed E-state index contributed by atoms with van der Waals surface area (Å²) in [6.07, 6.45) is 0.120. The van der Waals surface area contributed by atoms with Gasteiger partial charge in [0.05, 0.1) is 25.9 Å². The van der Waals surface area contributed by atoms with Crippen LogP contribution in [0.15, 0.2) is 24.3 Å². The summed E-state index contributed by atoms with van der Waals surface area (Å²) in [6.45, 7) is 7.37. The zero-order valence-corrected chi connectivity index (χ0v) is 12.1. The van der Waals surface area contributed by atoms with E-state index >= 15 is 0 Å². The molecule has 110 valence electrons. The maximum atomic E-state index is 12.0. The van der Waals surface area contributed by atoms with Crippen molar-refractivity contribution in [3.63, 3.8) is 0 Å². The van der Waals surface area contributed by atoms with Crippen LogP contribution in [0.4, 0.5) is 5.69 Å². The molecule has 0 radical (unpaired) electrons. The quantitative estimate of drug-likeness (QED) is 0.891. The molecular formula is C15H22N2O3. The molecule has 5 heteroatoms. The highest BCUT2D eigenvalue weighted by Crippen LogP contribution is 2.18. The Balaban J connectivity index is 1.86. The monoisotopic (exact) mass is 278 g/mol. The molecule has 1 aromatic carbocycles. The lowest BCUT2D eigenvalue weighted by molar-refractivity contribution is -0.118. The minimum atomic E-state index is -0.00593. The summed E-state index contributed by atoms with van der Waals surface area (Å²) in [5.41, 5.74) is 0.765. The fourth-order valence-electron chi connectivity index (χ4n) is 2.08. The van der Waals surface area contributed by atoms with Gasteiger partial charge in [-0.1, -0.05) is 6.07 Å². The Morgan fingerprint density at radius 1 is 1.40 bits per heavy atom. The van der Waals surface area contributed by atoms with Crippen LogP contribution in [-0.2, 0) is 9.53 Å². The maximum Gasteiger partial charge on any atom is 0.238 e. The summed E-state index contributed by atoms with van der Waals surface area (Å²) in [5.74, 6) is 0.762. The van der Waals surface area contributed by atoms with Crippen LogP contribution in [-0.4, -0.2) is 49.8 Å². The fourth-order valence-corrected chi connectivity index (χ4v) is 2.08. The second-order valence-corrected chi connectivity index (χ2v) is 5.13. The molecule has 5 nitrogen and oxygen atoms in total. The number of rotatable bonds is 5. The van der Waals surface area contributed by atoms with E-state index in [-0.39, 0.29) is 12.0 Å². The number of morpholine rings is 1. The number of nitrogens with zero attached hydrogens (tertiary/aromatic N) is 1. The summed E-state index contributed by atoms with van der Waals surface area (Å²) in [7, 11) is 0. The van der Waals surface area contributed by atoms with Crippen molar-refractivity contribution in [1.82, 2.24) is 4.90 Å². The standard InChI is InChI=1S/C15H22N2O3/c1-12(2)20-14-5-3-4-13(10-14)16-15(18)11-17-6-8-19-9-7-17/h3-5,10,12H,6-9,11H2,1-2H3,(H,16,18). The number of hydrogen-bond acceptors (Lipinski definition) is 4. The Morgan fingerprint density at radius 3 is 2.85 bits per heavy atom. The topological polar surface area (TPSA) is 50.8 Å². The summed E-state index contributed by atoms with van der Waals surface area (Å²) in [4.78, 5) is 14.1. The SMILES string of the molecule is CC(C)Oc1cccc(NC(=O)CN2CCOCC2)c1. The molecule has 1 heterocycles. The zero-order chi connectivity index (χ0) is 14.4. The van der Waals surface area contributed by atoms with Crippen LogP contribution in [0.1, 0.15) is 13.8 Å². The molecular weight excluding hydrogens is 256 g/mol. The maximum absolute atomic E-state index is 12.0. The van der Waals surface area contributed by atoms with Gasteiger partial charge >= 0.3 is 0 Å². The van der Waals surface area contributed by atoms with E-state index in [1.807, 2.05) is 38.1 Å². The third-order valence-electron chi connectivity index (χ3n) is 2.96. The first-order valence-corrected chi connectivity index (χ1v) is 7.00. The number of benzene rings is 1. The third-order valence-corrected chi connectivity index (χ3v) is 2.96. The van der Waals surface area contributed by atoms with Crippen LogP contribution in [0.3, 0.4) is 0 Å². The number of anilines is 1. The Bertz CT molecular complexity index is 442. The lowest BCUT2D eigenvalue weighted by Gasteiger charge is -2.25. The highest BCUT2D eigenvalue weighted by molar-refractivity contribution is 5.92. The molecule has 20 heavy (non-hydrogen) atoms. The summed E-state index contributed by atoms with van der Waals surface area (Å²) >= 11 is 0. The molecule has 0 spiro atoms. The summed E-state index contributed by atoms with van der Waals surface area (Å²) in [5, 5.41) is 2.90. The molecule has 0 unspecified atom stereocenters. The molecule has 1 fully saturated rings. The van der Waals surface area contributed by atoms with Gasteiger partial charge in [-0.05, 0) is 26.0 Å². The zero-order valence-electron chi connectivity index (χ0n) is 12.1. The highest BCUT2D eigenvalue weighted by atomic mass is 16.5. The van der Waals surface area contributed by atoms with E-state index in [4.69, 9.17) is 9.47 Å². The largest absolute Gasteiger partial charge is 0.491 e. The van der Waals surface area contributed by atoms with Crippen LogP contribution >= 0.6 is 0 Å². The van der Waals surface area contributed by atoms with Crippen molar-refractivity contribution in [2.45, 2.75) is 20.0 Å². The molecule has 0 aromatic heterocycles. The van der Waals surface area contributed by atoms with Crippen LogP contribution in [0.2, 0.25) is 0 Å². The average Bonchev–Trinajstić information content (AvgIpc) is 2.39. The van der Waals surface area contributed by atoms with Gasteiger partial charge in [0.2, 0.25) is 5.91 Å². The van der Waals surface area contributed by atoms with Gasteiger partial charge < -0.3 is 14.8 Å². The van der Waals surface area contributed by atoms with Gasteiger partial charge in [-0.25, -0.2) is 0 Å². The lowest BCUT2D eigenvalue weighted by atomic mass is 10.3. The Labute approximate surface area is 119 Å². The lowest BCUT2D eigenvalue weighted by Crippen LogP contribution is -2.41. The molecule has 0 bridgehead atoms. The average molecular weight is 278 g/mol. The molecule has 2 rings (SSSR count). The van der Waals surface area contributed by atoms with Crippen LogP contribution in [0, 0.1) is 0 Å². The highest BCUT2D eigenvalue weighted by Gasteiger charge is 2.14. The van der Waals surface area contributed by atoms with E-state index < -0.39 is 0 Å². The Kier molecular flexibility index (Phi) is 5.38. The molecule has 0 saturated carbocycles. The van der Waals surface area contributed by atoms with E-state index in [0.717, 1.165) is 24.5 Å². The second-order valence-electron chi connectivity index (χ2n) is 5.13. The van der Waals surface area contributed by atoms with Gasteiger partial charge in [0, 0.05) is 24.8 Å². The minimum absolute atomic E-state index is 0.00593. The minimum Gasteiger partial charge on any atom is -0.491 e. The van der Waals surface area contributed by atoms with Crippen molar-refractivity contribution in [2.24, 2.45) is 0 Å². The summed E-state index contributed by atoms with van der Waals surface area (Å²) < 4.78 is 10.9. The van der Waals surface area contributed by atoms with Gasteiger partial charge in [0.1, 0.15) is 5.75 Å². The molecule has 0 atom stereocenters. The van der Waals surface area contributed by atoms with Crippen molar-refractivity contribution < 1.29 is 14.3 Å². The first kappa shape index (κ1) is 14.8. The van der Waals surface area contributed by atoms with Gasteiger partial charge in [0.15, 0.2) is 0 Å². The number of carbonyl (C=O) groups excluding carboxylic acids is 1. The first-order valence-electron chi connectivity index (χ1n) is 7.00. The summed E-state index contributed by atoms with van der Waals surface area (Å²) in [6, 6.07) is 7.47. The Morgan fingerprint density at radius 2 is 2.15 bits per heavy atom. The van der Waals surface area contributed by atoms with E-state index in [1.54, 1.807) is 0 Å². The van der Waals surface area contributed by atoms with Gasteiger partial charge in [0.25, 0.3) is 0 Å². The van der Waals surface area contributed by atoms with Crippen molar-refractivity contribution in [1.29, 1.82) is 0 Å². The van der Waals surface area contributed by atoms with Crippen LogP contribution in [0.5, 0.6) is 5.75 Å². The van der Waals surface area contributed by atoms with Crippen molar-refractivity contribution in [2.75, 3.05) is 38.2 Å². The number of carbonyl (C=O) groups is 1. The number of amides is 1. The molecule has 1 aromatic rings. The predicted octanol–water partition coefficient (Wildman–Crippen LogP) is 1.74. The van der Waals surface area contributed by atoms with Crippen molar-refractivity contribution >= 4 is 11.6 Å². The molecule has 0 aliphatic carbocycles. The van der Waals surface area contributed by atoms with E-state index in [9.17, 15) is 4.79 Å². The Hall–Kier alpha value is -1.59. The van der Waals surface area contributed by atoms with Crippen LogP contribution in [0.25, 0.3) is 0 Å². The van der Waals surface area contributed by atoms with E-state index in [0.29, 0.717) is 19.8 Å². The van der Waals surface area contributed by atoms with Gasteiger partial charge in [-0.15, -0.1) is 0 Å². The van der Waals surface area contributed by atoms with Crippen molar-refractivity contribution in [3.8, 4) is 5.75 Å². The van der Waals surface area contributed by atoms with Crippen LogP contribution < -0.4 is 10.1 Å². The number of ether oxygens (including phenoxy) is 2. The third kappa shape index (κ3) is 4.83.